The molecule has 0 fully saturated rings. The summed E-state index contributed by atoms with van der Waals surface area (Å²) in [6.45, 7) is 0. The molecular formula is C9H4F5I. The number of hydrogen-bond donors (Lipinski definition) is 0. The quantitative estimate of drug-likeness (QED) is 0.516. The van der Waals surface area contributed by atoms with Gasteiger partial charge in [-0.05, 0) is 34.7 Å². The molecule has 15 heavy (non-hydrogen) atoms. The predicted octanol–water partition coefficient (Wildman–Crippen LogP) is 4.71. The van der Waals surface area contributed by atoms with E-state index in [1.165, 1.54) is 0 Å². The Labute approximate surface area is 95.9 Å². The lowest BCUT2D eigenvalue weighted by atomic mass is 10.1. The maximum absolute atomic E-state index is 12.9. The van der Waals surface area contributed by atoms with Crippen LogP contribution >= 0.6 is 22.6 Å². The van der Waals surface area contributed by atoms with Gasteiger partial charge in [0.25, 0.3) is 0 Å². The molecule has 0 radical (unpaired) electrons. The summed E-state index contributed by atoms with van der Waals surface area (Å²) >= 11 is 1.11. The molecule has 6 heteroatoms. The second-order valence-electron chi connectivity index (χ2n) is 2.65. The van der Waals surface area contributed by atoms with Crippen molar-refractivity contribution in [2.75, 3.05) is 0 Å². The third kappa shape index (κ3) is 3.15. The Morgan fingerprint density at radius 2 is 1.47 bits per heavy atom. The van der Waals surface area contributed by atoms with Crippen LogP contribution < -0.4 is 0 Å². The number of halogens is 6. The molecule has 0 spiro atoms. The smallest absolute Gasteiger partial charge is 0.203 e. The molecule has 1 rings (SSSR count). The first kappa shape index (κ1) is 12.4. The molecule has 1 aromatic rings. The Bertz CT molecular complexity index is 372. The summed E-state index contributed by atoms with van der Waals surface area (Å²) in [5, 5.41) is 0. The van der Waals surface area contributed by atoms with E-state index in [4.69, 9.17) is 0 Å². The lowest BCUT2D eigenvalue weighted by Gasteiger charge is -2.06. The highest BCUT2D eigenvalue weighted by Gasteiger charge is 2.30. The van der Waals surface area contributed by atoms with Crippen LogP contribution in [0.1, 0.15) is 11.1 Å². The Morgan fingerprint density at radius 3 is 1.80 bits per heavy atom. The average Bonchev–Trinajstić information content (AvgIpc) is 2.15. The van der Waals surface area contributed by atoms with Crippen molar-refractivity contribution in [3.63, 3.8) is 0 Å². The minimum absolute atomic E-state index is 0.213. The molecule has 0 saturated carbocycles. The van der Waals surface area contributed by atoms with Crippen molar-refractivity contribution in [2.45, 2.75) is 6.18 Å². The van der Waals surface area contributed by atoms with E-state index in [0.717, 1.165) is 34.7 Å². The summed E-state index contributed by atoms with van der Waals surface area (Å²) in [4.78, 5) is 0. The van der Waals surface area contributed by atoms with Crippen LogP contribution in [-0.4, -0.2) is 0 Å². The molecule has 0 saturated heterocycles. The fraction of sp³-hybridized carbons (Fsp3) is 0.111. The fourth-order valence-corrected chi connectivity index (χ4v) is 1.23. The standard InChI is InChI=1S/C9H4F5I/c10-7(8(11)15)5-1-3-6(4-2-5)9(12,13)14/h1-4H/b8-7+. The van der Waals surface area contributed by atoms with Gasteiger partial charge in [-0.2, -0.15) is 17.6 Å². The van der Waals surface area contributed by atoms with E-state index in [1.54, 1.807) is 0 Å². The highest BCUT2D eigenvalue weighted by molar-refractivity contribution is 14.1. The van der Waals surface area contributed by atoms with Gasteiger partial charge in [-0.1, -0.05) is 12.1 Å². The average molecular weight is 334 g/mol. The number of alkyl halides is 3. The number of rotatable bonds is 1. The Hall–Kier alpha value is -0.660. The molecule has 0 bridgehead atoms. The molecule has 0 amide bonds. The van der Waals surface area contributed by atoms with Gasteiger partial charge in [0.2, 0.25) is 0 Å². The summed E-state index contributed by atoms with van der Waals surface area (Å²) < 4.78 is 60.5. The zero-order valence-electron chi connectivity index (χ0n) is 7.08. The van der Waals surface area contributed by atoms with E-state index in [2.05, 4.69) is 0 Å². The summed E-state index contributed by atoms with van der Waals surface area (Å²) in [5.74, 6) is -1.16. The van der Waals surface area contributed by atoms with E-state index in [-0.39, 0.29) is 5.56 Å². The topological polar surface area (TPSA) is 0 Å². The van der Waals surface area contributed by atoms with Crippen LogP contribution in [0.5, 0.6) is 0 Å². The first-order valence-electron chi connectivity index (χ1n) is 3.71. The third-order valence-corrected chi connectivity index (χ3v) is 2.11. The van der Waals surface area contributed by atoms with Crippen LogP contribution in [0.3, 0.4) is 0 Å². The molecule has 0 unspecified atom stereocenters. The van der Waals surface area contributed by atoms with Crippen molar-refractivity contribution in [3.8, 4) is 0 Å². The summed E-state index contributed by atoms with van der Waals surface area (Å²) in [6, 6.07) is 3.18. The minimum atomic E-state index is -4.47. The van der Waals surface area contributed by atoms with Crippen molar-refractivity contribution >= 4 is 28.4 Å². The zero-order chi connectivity index (χ0) is 11.6. The van der Waals surface area contributed by atoms with Crippen LogP contribution in [0.4, 0.5) is 22.0 Å². The number of hydrogen-bond acceptors (Lipinski definition) is 0. The summed E-state index contributed by atoms with van der Waals surface area (Å²) in [6.07, 6.45) is -4.47. The lowest BCUT2D eigenvalue weighted by Crippen LogP contribution is -2.04. The molecule has 0 nitrogen and oxygen atoms in total. The molecule has 1 aromatic carbocycles. The first-order valence-corrected chi connectivity index (χ1v) is 4.78. The molecule has 0 aliphatic rings. The van der Waals surface area contributed by atoms with Gasteiger partial charge >= 0.3 is 6.18 Å². The molecule has 82 valence electrons. The van der Waals surface area contributed by atoms with Crippen LogP contribution in [0, 0.1) is 0 Å². The highest BCUT2D eigenvalue weighted by atomic mass is 127. The Balaban J connectivity index is 3.07. The second kappa shape index (κ2) is 4.46. The van der Waals surface area contributed by atoms with Gasteiger partial charge in [-0.15, -0.1) is 0 Å². The first-order chi connectivity index (χ1) is 6.82. The van der Waals surface area contributed by atoms with Crippen LogP contribution in [0.15, 0.2) is 28.1 Å². The van der Waals surface area contributed by atoms with Crippen molar-refractivity contribution < 1.29 is 22.0 Å². The zero-order valence-corrected chi connectivity index (χ0v) is 9.23. The summed E-state index contributed by atoms with van der Waals surface area (Å²) in [7, 11) is 0. The monoisotopic (exact) mass is 334 g/mol. The van der Waals surface area contributed by atoms with Gasteiger partial charge < -0.3 is 0 Å². The molecule has 0 heterocycles. The van der Waals surface area contributed by atoms with E-state index in [9.17, 15) is 22.0 Å². The van der Waals surface area contributed by atoms with Gasteiger partial charge in [0.15, 0.2) is 9.66 Å². The SMILES string of the molecule is F/C(I)=C(\F)c1ccc(C(F)(F)F)cc1. The Kier molecular flexibility index (Phi) is 3.69. The van der Waals surface area contributed by atoms with Gasteiger partial charge in [-0.3, -0.25) is 0 Å². The van der Waals surface area contributed by atoms with Crippen molar-refractivity contribution in [1.29, 1.82) is 0 Å². The van der Waals surface area contributed by atoms with E-state index < -0.39 is 21.4 Å². The van der Waals surface area contributed by atoms with Crippen molar-refractivity contribution in [1.82, 2.24) is 0 Å². The largest absolute Gasteiger partial charge is 0.416 e. The van der Waals surface area contributed by atoms with Gasteiger partial charge in [0, 0.05) is 5.56 Å². The maximum Gasteiger partial charge on any atom is 0.416 e. The predicted molar refractivity (Wildman–Crippen MR) is 54.6 cm³/mol. The molecule has 0 aromatic heterocycles. The lowest BCUT2D eigenvalue weighted by molar-refractivity contribution is -0.137. The molecular weight excluding hydrogens is 330 g/mol. The number of benzene rings is 1. The van der Waals surface area contributed by atoms with Gasteiger partial charge in [0.05, 0.1) is 5.56 Å². The second-order valence-corrected chi connectivity index (χ2v) is 3.60. The molecule has 0 aliphatic heterocycles. The van der Waals surface area contributed by atoms with E-state index in [1.807, 2.05) is 0 Å². The van der Waals surface area contributed by atoms with Crippen molar-refractivity contribution in [3.05, 3.63) is 39.2 Å². The summed E-state index contributed by atoms with van der Waals surface area (Å²) in [5.41, 5.74) is -1.11. The third-order valence-electron chi connectivity index (χ3n) is 1.63. The molecule has 0 atom stereocenters. The van der Waals surface area contributed by atoms with Crippen LogP contribution in [0.2, 0.25) is 0 Å². The van der Waals surface area contributed by atoms with Gasteiger partial charge in [0.1, 0.15) is 0 Å². The Morgan fingerprint density at radius 1 is 1.00 bits per heavy atom. The van der Waals surface area contributed by atoms with Crippen LogP contribution in [0.25, 0.3) is 5.83 Å². The van der Waals surface area contributed by atoms with Gasteiger partial charge in [-0.25, -0.2) is 4.39 Å². The highest BCUT2D eigenvalue weighted by Crippen LogP contribution is 2.31. The minimum Gasteiger partial charge on any atom is -0.203 e. The fourth-order valence-electron chi connectivity index (χ4n) is 0.915. The van der Waals surface area contributed by atoms with E-state index >= 15 is 0 Å². The van der Waals surface area contributed by atoms with Crippen molar-refractivity contribution in [2.24, 2.45) is 0 Å². The van der Waals surface area contributed by atoms with E-state index in [0.29, 0.717) is 12.1 Å². The molecule has 0 N–H and O–H groups in total. The normalized spacial score (nSPS) is 13.7. The molecule has 0 aliphatic carbocycles. The maximum atomic E-state index is 12.9. The van der Waals surface area contributed by atoms with Crippen LogP contribution in [-0.2, 0) is 6.18 Å².